The van der Waals surface area contributed by atoms with Crippen molar-refractivity contribution >= 4 is 34.4 Å². The molecule has 0 saturated carbocycles. The summed E-state index contributed by atoms with van der Waals surface area (Å²) in [7, 11) is 1.20. The molecule has 1 N–H and O–H groups in total. The molecule has 0 bridgehead atoms. The molecule has 0 radical (unpaired) electrons. The number of anilines is 1. The Morgan fingerprint density at radius 3 is 2.52 bits per heavy atom. The second kappa shape index (κ2) is 11.8. The molecular formula is C30H30F2N3O7-. The second-order valence-electron chi connectivity index (χ2n) is 10.3. The molecule has 2 heterocycles. The summed E-state index contributed by atoms with van der Waals surface area (Å²) in [6.45, 7) is -1.39. The summed E-state index contributed by atoms with van der Waals surface area (Å²) in [5.41, 5.74) is -0.507. The standard InChI is InChI=1S/C30H31F2N3O7/c1-18(34(2)29(38)39)26(36)33-25-27(37)35(22-9-5-6-10-24(22)42-30(25)13-15-40-16-14-30)17-21-20-8-4-3-7-19(20)11-12-23(21)41-28(31)32/h3-12,18,25,28H,13-17H2,1-2H3,(H,33,36)(H,38,39)/p-1/t18-,25-/m0/s1. The molecule has 12 heteroatoms. The maximum absolute atomic E-state index is 14.6. The summed E-state index contributed by atoms with van der Waals surface area (Å²) in [6.07, 6.45) is -1.05. The minimum Gasteiger partial charge on any atom is -0.530 e. The Hall–Kier alpha value is -4.45. The molecular weight excluding hydrogens is 552 g/mol. The lowest BCUT2D eigenvalue weighted by Crippen LogP contribution is -2.65. The Labute approximate surface area is 240 Å². The van der Waals surface area contributed by atoms with Gasteiger partial charge in [-0.1, -0.05) is 42.5 Å². The number of amides is 3. The molecule has 5 rings (SSSR count). The fraction of sp³-hybridized carbons (Fsp3) is 0.367. The smallest absolute Gasteiger partial charge is 0.387 e. The van der Waals surface area contributed by atoms with E-state index in [0.29, 0.717) is 22.4 Å². The Kier molecular flexibility index (Phi) is 8.17. The van der Waals surface area contributed by atoms with Gasteiger partial charge in [-0.2, -0.15) is 8.78 Å². The van der Waals surface area contributed by atoms with E-state index in [9.17, 15) is 28.3 Å². The van der Waals surface area contributed by atoms with Crippen LogP contribution in [0.3, 0.4) is 0 Å². The number of fused-ring (bicyclic) bond motifs is 2. The number of halogens is 2. The van der Waals surface area contributed by atoms with Crippen LogP contribution in [0.25, 0.3) is 10.8 Å². The highest BCUT2D eigenvalue weighted by molar-refractivity contribution is 6.03. The SMILES string of the molecule is C[C@@H](C(=O)N[C@H]1C(=O)N(Cc2c(OC(F)F)ccc3ccccc23)c2ccccc2OC12CCOCC2)N(C)C(=O)[O-]. The predicted molar refractivity (Wildman–Crippen MR) is 146 cm³/mol. The molecule has 1 fully saturated rings. The summed E-state index contributed by atoms with van der Waals surface area (Å²) in [5.74, 6) is -1.02. The maximum atomic E-state index is 14.6. The van der Waals surface area contributed by atoms with Gasteiger partial charge >= 0.3 is 6.61 Å². The van der Waals surface area contributed by atoms with Gasteiger partial charge in [-0.3, -0.25) is 9.59 Å². The number of likely N-dealkylation sites (N-methyl/N-ethyl adjacent to an activating group) is 1. The lowest BCUT2D eigenvalue weighted by atomic mass is 9.84. The largest absolute Gasteiger partial charge is 0.530 e. The molecule has 1 spiro atoms. The molecule has 0 unspecified atom stereocenters. The quantitative estimate of drug-likeness (QED) is 0.455. The molecule has 3 amide bonds. The second-order valence-corrected chi connectivity index (χ2v) is 10.3. The Morgan fingerprint density at radius 2 is 1.81 bits per heavy atom. The molecule has 0 aliphatic carbocycles. The molecule has 222 valence electrons. The van der Waals surface area contributed by atoms with Gasteiger partial charge in [0.05, 0.1) is 25.4 Å². The highest BCUT2D eigenvalue weighted by Crippen LogP contribution is 2.42. The first kappa shape index (κ1) is 29.1. The van der Waals surface area contributed by atoms with Crippen LogP contribution in [-0.4, -0.2) is 67.4 Å². The number of carbonyl (C=O) groups excluding carboxylic acids is 3. The lowest BCUT2D eigenvalue weighted by Gasteiger charge is -2.42. The zero-order valence-electron chi connectivity index (χ0n) is 23.0. The number of ether oxygens (including phenoxy) is 3. The number of hydrogen-bond acceptors (Lipinski definition) is 7. The van der Waals surface area contributed by atoms with Gasteiger partial charge in [0.2, 0.25) is 5.91 Å². The summed E-state index contributed by atoms with van der Waals surface area (Å²) in [4.78, 5) is 41.4. The van der Waals surface area contributed by atoms with Crippen LogP contribution >= 0.6 is 0 Å². The van der Waals surface area contributed by atoms with E-state index in [1.54, 1.807) is 42.5 Å². The minimum absolute atomic E-state index is 0.0929. The number of benzene rings is 3. The van der Waals surface area contributed by atoms with E-state index in [0.717, 1.165) is 10.3 Å². The fourth-order valence-electron chi connectivity index (χ4n) is 5.45. The zero-order valence-corrected chi connectivity index (χ0v) is 23.0. The highest BCUT2D eigenvalue weighted by Gasteiger charge is 2.52. The first-order valence-electron chi connectivity index (χ1n) is 13.5. The van der Waals surface area contributed by atoms with Crippen molar-refractivity contribution in [3.63, 3.8) is 0 Å². The molecule has 2 aliphatic heterocycles. The monoisotopic (exact) mass is 582 g/mol. The third-order valence-corrected chi connectivity index (χ3v) is 7.91. The van der Waals surface area contributed by atoms with Crippen LogP contribution in [0.4, 0.5) is 19.3 Å². The Balaban J connectivity index is 1.62. The van der Waals surface area contributed by atoms with Crippen molar-refractivity contribution in [3.8, 4) is 11.5 Å². The molecule has 1 saturated heterocycles. The van der Waals surface area contributed by atoms with Crippen LogP contribution in [-0.2, 0) is 20.9 Å². The van der Waals surface area contributed by atoms with Crippen LogP contribution < -0.4 is 24.8 Å². The number of hydrogen-bond donors (Lipinski definition) is 1. The van der Waals surface area contributed by atoms with Gasteiger partial charge in [0.1, 0.15) is 35.3 Å². The lowest BCUT2D eigenvalue weighted by molar-refractivity contribution is -0.265. The van der Waals surface area contributed by atoms with Crippen molar-refractivity contribution in [1.82, 2.24) is 10.2 Å². The zero-order chi connectivity index (χ0) is 30.0. The first-order chi connectivity index (χ1) is 20.1. The van der Waals surface area contributed by atoms with Crippen LogP contribution in [0.15, 0.2) is 60.7 Å². The number of rotatable bonds is 7. The molecule has 2 atom stereocenters. The topological polar surface area (TPSA) is 120 Å². The van der Waals surface area contributed by atoms with Crippen molar-refractivity contribution in [2.75, 3.05) is 25.2 Å². The molecule has 10 nitrogen and oxygen atoms in total. The van der Waals surface area contributed by atoms with E-state index in [1.807, 2.05) is 12.1 Å². The van der Waals surface area contributed by atoms with Crippen molar-refractivity contribution < 1.29 is 42.5 Å². The summed E-state index contributed by atoms with van der Waals surface area (Å²) in [5, 5.41) is 15.5. The van der Waals surface area contributed by atoms with E-state index in [2.05, 4.69) is 5.32 Å². The third-order valence-electron chi connectivity index (χ3n) is 7.91. The van der Waals surface area contributed by atoms with Gasteiger partial charge in [-0.15, -0.1) is 0 Å². The number of nitrogens with one attached hydrogen (secondary N) is 1. The maximum Gasteiger partial charge on any atom is 0.387 e. The number of para-hydroxylation sites is 2. The van der Waals surface area contributed by atoms with Crippen molar-refractivity contribution in [2.45, 2.75) is 50.6 Å². The van der Waals surface area contributed by atoms with Crippen LogP contribution in [0.1, 0.15) is 25.3 Å². The molecule has 2 aliphatic rings. The summed E-state index contributed by atoms with van der Waals surface area (Å²) in [6, 6.07) is 14.6. The van der Waals surface area contributed by atoms with Gasteiger partial charge in [-0.05, 0) is 35.9 Å². The number of carbonyl (C=O) groups is 3. The van der Waals surface area contributed by atoms with Crippen LogP contribution in [0.2, 0.25) is 0 Å². The summed E-state index contributed by atoms with van der Waals surface area (Å²) < 4.78 is 43.9. The summed E-state index contributed by atoms with van der Waals surface area (Å²) >= 11 is 0. The van der Waals surface area contributed by atoms with Crippen molar-refractivity contribution in [1.29, 1.82) is 0 Å². The van der Waals surface area contributed by atoms with Crippen LogP contribution in [0, 0.1) is 0 Å². The van der Waals surface area contributed by atoms with E-state index >= 15 is 0 Å². The highest BCUT2D eigenvalue weighted by atomic mass is 19.3. The Morgan fingerprint density at radius 1 is 1.12 bits per heavy atom. The molecule has 3 aromatic carbocycles. The molecule has 3 aromatic rings. The van der Waals surface area contributed by atoms with Gasteiger partial charge < -0.3 is 39.2 Å². The predicted octanol–water partition coefficient (Wildman–Crippen LogP) is 3.06. The number of alkyl halides is 2. The minimum atomic E-state index is -3.10. The van der Waals surface area contributed by atoms with Gasteiger partial charge in [0.25, 0.3) is 5.91 Å². The van der Waals surface area contributed by atoms with E-state index < -0.39 is 42.2 Å². The van der Waals surface area contributed by atoms with E-state index in [-0.39, 0.29) is 38.3 Å². The van der Waals surface area contributed by atoms with Crippen molar-refractivity contribution in [2.24, 2.45) is 0 Å². The number of nitrogens with zero attached hydrogens (tertiary/aromatic N) is 2. The molecule has 0 aromatic heterocycles. The fourth-order valence-corrected chi connectivity index (χ4v) is 5.45. The normalized spacial score (nSPS) is 18.6. The van der Waals surface area contributed by atoms with Crippen LogP contribution in [0.5, 0.6) is 11.5 Å². The van der Waals surface area contributed by atoms with Gasteiger partial charge in [0, 0.05) is 25.5 Å². The van der Waals surface area contributed by atoms with E-state index in [1.165, 1.54) is 24.9 Å². The van der Waals surface area contributed by atoms with Gasteiger partial charge in [-0.25, -0.2) is 0 Å². The third kappa shape index (κ3) is 5.54. The van der Waals surface area contributed by atoms with Crippen molar-refractivity contribution in [3.05, 3.63) is 66.2 Å². The first-order valence-corrected chi connectivity index (χ1v) is 13.5. The van der Waals surface area contributed by atoms with Gasteiger partial charge in [0.15, 0.2) is 0 Å². The Bertz CT molecular complexity index is 1490. The average Bonchev–Trinajstić information content (AvgIpc) is 3.06. The average molecular weight is 583 g/mol. The number of carboxylic acid groups (broad SMARTS) is 1. The van der Waals surface area contributed by atoms with E-state index in [4.69, 9.17) is 14.2 Å². The molecule has 42 heavy (non-hydrogen) atoms.